The zero-order valence-electron chi connectivity index (χ0n) is 19.7. The van der Waals surface area contributed by atoms with Gasteiger partial charge in [0.15, 0.2) is 0 Å². The summed E-state index contributed by atoms with van der Waals surface area (Å²) in [4.78, 5) is 17.0. The van der Waals surface area contributed by atoms with E-state index >= 15 is 0 Å². The van der Waals surface area contributed by atoms with Crippen molar-refractivity contribution in [2.45, 2.75) is 57.7 Å². The summed E-state index contributed by atoms with van der Waals surface area (Å²) < 4.78 is 6.02. The highest BCUT2D eigenvalue weighted by atomic mass is 16.5. The molecule has 1 aliphatic rings. The number of nitrogens with zero attached hydrogens (tertiary/aromatic N) is 1. The zero-order valence-corrected chi connectivity index (χ0v) is 19.7. The summed E-state index contributed by atoms with van der Waals surface area (Å²) in [6, 6.07) is 18.9. The lowest BCUT2D eigenvalue weighted by Gasteiger charge is -2.46. The number of pyridine rings is 1. The highest BCUT2D eigenvalue weighted by Gasteiger charge is 2.38. The number of carbonyl (C=O) groups is 1. The standard InChI is InChI=1S/C27H32N4O2/c1-26(2)15-21(16-27(3,4)31-26)30-25(32)18-8-11-22(12-9-18)33-23-7-5-6-19(14-23)20-10-13-24(28)29-17-20/h5-14,17,21,31H,15-16H2,1-4H3,(H2,28,29)(H,30,32). The zero-order chi connectivity index (χ0) is 23.6. The number of hydrogen-bond donors (Lipinski definition) is 3. The Morgan fingerprint density at radius 2 is 1.67 bits per heavy atom. The molecule has 4 rings (SSSR count). The van der Waals surface area contributed by atoms with E-state index in [1.54, 1.807) is 24.4 Å². The number of hydrogen-bond acceptors (Lipinski definition) is 5. The van der Waals surface area contributed by atoms with Crippen LogP contribution >= 0.6 is 0 Å². The third kappa shape index (κ3) is 5.90. The Morgan fingerprint density at radius 1 is 0.970 bits per heavy atom. The first-order valence-corrected chi connectivity index (χ1v) is 11.3. The summed E-state index contributed by atoms with van der Waals surface area (Å²) >= 11 is 0. The fourth-order valence-electron chi connectivity index (χ4n) is 4.82. The summed E-state index contributed by atoms with van der Waals surface area (Å²) in [5.74, 6) is 1.81. The topological polar surface area (TPSA) is 89.3 Å². The molecule has 0 unspecified atom stereocenters. The molecule has 33 heavy (non-hydrogen) atoms. The number of nitrogens with two attached hydrogens (primary N) is 1. The van der Waals surface area contributed by atoms with Gasteiger partial charge in [-0.3, -0.25) is 4.79 Å². The molecular weight excluding hydrogens is 412 g/mol. The van der Waals surface area contributed by atoms with Gasteiger partial charge in [-0.25, -0.2) is 4.98 Å². The lowest BCUT2D eigenvalue weighted by Crippen LogP contribution is -2.62. The molecule has 2 aromatic carbocycles. The minimum absolute atomic E-state index is 0.0195. The normalized spacial score (nSPS) is 17.3. The molecule has 1 aromatic heterocycles. The Morgan fingerprint density at radius 3 is 2.30 bits per heavy atom. The Hall–Kier alpha value is -3.38. The lowest BCUT2D eigenvalue weighted by atomic mass is 9.79. The number of rotatable bonds is 5. The van der Waals surface area contributed by atoms with Gasteiger partial charge in [-0.2, -0.15) is 0 Å². The predicted molar refractivity (Wildman–Crippen MR) is 132 cm³/mol. The van der Waals surface area contributed by atoms with Gasteiger partial charge in [0.05, 0.1) is 0 Å². The van der Waals surface area contributed by atoms with Crippen LogP contribution in [0, 0.1) is 0 Å². The van der Waals surface area contributed by atoms with Crippen molar-refractivity contribution in [2.24, 2.45) is 0 Å². The van der Waals surface area contributed by atoms with Crippen LogP contribution < -0.4 is 21.1 Å². The van der Waals surface area contributed by atoms with E-state index < -0.39 is 0 Å². The Balaban J connectivity index is 1.41. The van der Waals surface area contributed by atoms with E-state index in [1.807, 2.05) is 42.5 Å². The summed E-state index contributed by atoms with van der Waals surface area (Å²) in [5, 5.41) is 6.86. The predicted octanol–water partition coefficient (Wildman–Crippen LogP) is 5.16. The summed E-state index contributed by atoms with van der Waals surface area (Å²) in [6.45, 7) is 8.71. The maximum Gasteiger partial charge on any atom is 0.251 e. The average molecular weight is 445 g/mol. The van der Waals surface area contributed by atoms with E-state index in [0.717, 1.165) is 24.0 Å². The summed E-state index contributed by atoms with van der Waals surface area (Å²) in [7, 11) is 0. The largest absolute Gasteiger partial charge is 0.457 e. The Labute approximate surface area is 195 Å². The van der Waals surface area contributed by atoms with Crippen molar-refractivity contribution in [2.75, 3.05) is 5.73 Å². The third-order valence-electron chi connectivity index (χ3n) is 5.83. The second-order valence-corrected chi connectivity index (χ2v) is 10.1. The number of ether oxygens (including phenoxy) is 1. The third-order valence-corrected chi connectivity index (χ3v) is 5.83. The molecule has 6 heteroatoms. The second kappa shape index (κ2) is 8.87. The first-order valence-electron chi connectivity index (χ1n) is 11.3. The molecule has 0 saturated carbocycles. The van der Waals surface area contributed by atoms with Crippen molar-refractivity contribution in [3.05, 3.63) is 72.4 Å². The molecule has 1 aliphatic heterocycles. The van der Waals surface area contributed by atoms with E-state index in [0.29, 0.717) is 22.9 Å². The van der Waals surface area contributed by atoms with Crippen LogP contribution in [0.15, 0.2) is 66.9 Å². The molecule has 172 valence electrons. The number of benzene rings is 2. The van der Waals surface area contributed by atoms with Gasteiger partial charge < -0.3 is 21.1 Å². The Bertz CT molecular complexity index is 1110. The number of anilines is 1. The van der Waals surface area contributed by atoms with E-state index in [9.17, 15) is 4.79 Å². The van der Waals surface area contributed by atoms with Crippen molar-refractivity contribution in [1.82, 2.24) is 15.6 Å². The monoisotopic (exact) mass is 444 g/mol. The molecule has 1 fully saturated rings. The van der Waals surface area contributed by atoms with Crippen LogP contribution in [-0.4, -0.2) is 28.0 Å². The molecule has 0 spiro atoms. The van der Waals surface area contributed by atoms with Gasteiger partial charge >= 0.3 is 0 Å². The summed E-state index contributed by atoms with van der Waals surface area (Å²) in [5.41, 5.74) is 8.22. The number of aromatic nitrogens is 1. The van der Waals surface area contributed by atoms with Crippen molar-refractivity contribution >= 4 is 11.7 Å². The van der Waals surface area contributed by atoms with Crippen molar-refractivity contribution in [3.63, 3.8) is 0 Å². The number of nitrogen functional groups attached to an aromatic ring is 1. The van der Waals surface area contributed by atoms with Crippen LogP contribution in [0.25, 0.3) is 11.1 Å². The van der Waals surface area contributed by atoms with Crippen LogP contribution in [0.2, 0.25) is 0 Å². The fourth-order valence-corrected chi connectivity index (χ4v) is 4.82. The van der Waals surface area contributed by atoms with Gasteiger partial charge in [0.25, 0.3) is 5.91 Å². The smallest absolute Gasteiger partial charge is 0.251 e. The van der Waals surface area contributed by atoms with Gasteiger partial charge in [-0.15, -0.1) is 0 Å². The first-order chi connectivity index (χ1) is 15.6. The summed E-state index contributed by atoms with van der Waals surface area (Å²) in [6.07, 6.45) is 3.53. The minimum Gasteiger partial charge on any atom is -0.457 e. The second-order valence-electron chi connectivity index (χ2n) is 10.1. The van der Waals surface area contributed by atoms with Crippen molar-refractivity contribution < 1.29 is 9.53 Å². The van der Waals surface area contributed by atoms with Crippen molar-refractivity contribution in [3.8, 4) is 22.6 Å². The lowest BCUT2D eigenvalue weighted by molar-refractivity contribution is 0.0873. The van der Waals surface area contributed by atoms with E-state index in [4.69, 9.17) is 10.5 Å². The van der Waals surface area contributed by atoms with Crippen LogP contribution in [-0.2, 0) is 0 Å². The molecule has 6 nitrogen and oxygen atoms in total. The van der Waals surface area contributed by atoms with E-state index in [-0.39, 0.29) is 23.0 Å². The molecule has 1 amide bonds. The number of nitrogens with one attached hydrogen (secondary N) is 2. The van der Waals surface area contributed by atoms with Gasteiger partial charge in [-0.05, 0) is 94.6 Å². The number of carbonyl (C=O) groups excluding carboxylic acids is 1. The SMILES string of the molecule is CC1(C)CC(NC(=O)c2ccc(Oc3cccc(-c4ccc(N)nc4)c3)cc2)CC(C)(C)N1. The van der Waals surface area contributed by atoms with Gasteiger partial charge in [0, 0.05) is 34.4 Å². The number of amides is 1. The maximum atomic E-state index is 12.8. The van der Waals surface area contributed by atoms with E-state index in [2.05, 4.69) is 43.3 Å². The molecule has 4 N–H and O–H groups in total. The van der Waals surface area contributed by atoms with E-state index in [1.165, 1.54) is 0 Å². The molecule has 0 aliphatic carbocycles. The Kier molecular flexibility index (Phi) is 6.13. The molecule has 1 saturated heterocycles. The quantitative estimate of drug-likeness (QED) is 0.506. The van der Waals surface area contributed by atoms with Crippen LogP contribution in [0.4, 0.5) is 5.82 Å². The van der Waals surface area contributed by atoms with Gasteiger partial charge in [-0.1, -0.05) is 12.1 Å². The fraction of sp³-hybridized carbons (Fsp3) is 0.333. The number of piperidine rings is 1. The van der Waals surface area contributed by atoms with Crippen LogP contribution in [0.5, 0.6) is 11.5 Å². The van der Waals surface area contributed by atoms with Gasteiger partial charge in [0.1, 0.15) is 17.3 Å². The highest BCUT2D eigenvalue weighted by Crippen LogP contribution is 2.30. The highest BCUT2D eigenvalue weighted by molar-refractivity contribution is 5.94. The minimum atomic E-state index is -0.0575. The average Bonchev–Trinajstić information content (AvgIpc) is 2.72. The van der Waals surface area contributed by atoms with Crippen LogP contribution in [0.1, 0.15) is 50.9 Å². The molecular formula is C27H32N4O2. The van der Waals surface area contributed by atoms with Crippen molar-refractivity contribution in [1.29, 1.82) is 0 Å². The van der Waals surface area contributed by atoms with Gasteiger partial charge in [0.2, 0.25) is 0 Å². The van der Waals surface area contributed by atoms with Crippen LogP contribution in [0.3, 0.4) is 0 Å². The molecule has 0 radical (unpaired) electrons. The molecule has 3 aromatic rings. The molecule has 0 atom stereocenters. The molecule has 2 heterocycles. The first kappa shape index (κ1) is 22.8. The molecule has 0 bridgehead atoms. The maximum absolute atomic E-state index is 12.8.